The summed E-state index contributed by atoms with van der Waals surface area (Å²) in [6.07, 6.45) is -0.464. The maximum atomic E-state index is 11.5. The molecule has 1 fully saturated rings. The monoisotopic (exact) mass is 186 g/mol. The van der Waals surface area contributed by atoms with Crippen molar-refractivity contribution in [3.63, 3.8) is 0 Å². The molecule has 0 spiro atoms. The van der Waals surface area contributed by atoms with Crippen LogP contribution in [0, 0.1) is 11.8 Å². The lowest BCUT2D eigenvalue weighted by Gasteiger charge is -2.14. The molecule has 3 N–H and O–H groups in total. The largest absolute Gasteiger partial charge is 0.392 e. The predicted octanol–water partition coefficient (Wildman–Crippen LogP) is -0.661. The van der Waals surface area contributed by atoms with Crippen LogP contribution in [0.4, 0.5) is 0 Å². The molecule has 0 unspecified atom stereocenters. The van der Waals surface area contributed by atoms with Crippen molar-refractivity contribution in [2.45, 2.75) is 20.0 Å². The maximum Gasteiger partial charge on any atom is 0.224 e. The fourth-order valence-electron chi connectivity index (χ4n) is 1.54. The molecule has 0 aliphatic carbocycles. The summed E-state index contributed by atoms with van der Waals surface area (Å²) in [5.74, 6) is 0.520. The Kier molecular flexibility index (Phi) is 3.69. The molecule has 1 aliphatic heterocycles. The van der Waals surface area contributed by atoms with E-state index in [-0.39, 0.29) is 11.8 Å². The third kappa shape index (κ3) is 2.97. The van der Waals surface area contributed by atoms with E-state index in [1.165, 1.54) is 0 Å². The minimum Gasteiger partial charge on any atom is -0.392 e. The van der Waals surface area contributed by atoms with Crippen LogP contribution < -0.4 is 10.6 Å². The van der Waals surface area contributed by atoms with Gasteiger partial charge in [-0.1, -0.05) is 6.92 Å². The predicted molar refractivity (Wildman–Crippen MR) is 50.2 cm³/mol. The van der Waals surface area contributed by atoms with Crippen molar-refractivity contribution in [2.75, 3.05) is 19.6 Å². The highest BCUT2D eigenvalue weighted by molar-refractivity contribution is 5.79. The smallest absolute Gasteiger partial charge is 0.224 e. The lowest BCUT2D eigenvalue weighted by Crippen LogP contribution is -2.37. The number of amides is 1. The summed E-state index contributed by atoms with van der Waals surface area (Å²) in [7, 11) is 0. The highest BCUT2D eigenvalue weighted by atomic mass is 16.3. The van der Waals surface area contributed by atoms with Crippen molar-refractivity contribution in [3.8, 4) is 0 Å². The molecule has 1 saturated heterocycles. The van der Waals surface area contributed by atoms with Gasteiger partial charge >= 0.3 is 0 Å². The summed E-state index contributed by atoms with van der Waals surface area (Å²) < 4.78 is 0. The summed E-state index contributed by atoms with van der Waals surface area (Å²) >= 11 is 0. The van der Waals surface area contributed by atoms with Crippen LogP contribution in [0.5, 0.6) is 0 Å². The zero-order valence-corrected chi connectivity index (χ0v) is 8.21. The van der Waals surface area contributed by atoms with Gasteiger partial charge in [-0.25, -0.2) is 0 Å². The van der Waals surface area contributed by atoms with Crippen molar-refractivity contribution in [2.24, 2.45) is 11.8 Å². The minimum atomic E-state index is -0.464. The topological polar surface area (TPSA) is 61.4 Å². The van der Waals surface area contributed by atoms with E-state index in [1.807, 2.05) is 0 Å². The van der Waals surface area contributed by atoms with E-state index in [1.54, 1.807) is 6.92 Å². The summed E-state index contributed by atoms with van der Waals surface area (Å²) in [6.45, 7) is 5.74. The van der Waals surface area contributed by atoms with Gasteiger partial charge in [0.05, 0.1) is 12.0 Å². The molecule has 13 heavy (non-hydrogen) atoms. The van der Waals surface area contributed by atoms with Gasteiger partial charge in [0.15, 0.2) is 0 Å². The van der Waals surface area contributed by atoms with Crippen LogP contribution in [-0.4, -0.2) is 36.8 Å². The fourth-order valence-corrected chi connectivity index (χ4v) is 1.54. The number of carbonyl (C=O) groups is 1. The normalized spacial score (nSPS) is 30.1. The molecule has 76 valence electrons. The van der Waals surface area contributed by atoms with Crippen molar-refractivity contribution < 1.29 is 9.90 Å². The number of hydrogen-bond donors (Lipinski definition) is 3. The Balaban J connectivity index is 2.30. The molecule has 0 aromatic rings. The summed E-state index contributed by atoms with van der Waals surface area (Å²) in [4.78, 5) is 11.5. The summed E-state index contributed by atoms with van der Waals surface area (Å²) in [5.41, 5.74) is 0. The van der Waals surface area contributed by atoms with Gasteiger partial charge in [-0.3, -0.25) is 4.79 Å². The molecule has 1 amide bonds. The van der Waals surface area contributed by atoms with Crippen LogP contribution in [0.3, 0.4) is 0 Å². The number of aliphatic hydroxyl groups is 1. The van der Waals surface area contributed by atoms with Gasteiger partial charge in [0.1, 0.15) is 0 Å². The van der Waals surface area contributed by atoms with E-state index in [4.69, 9.17) is 5.11 Å². The van der Waals surface area contributed by atoms with E-state index in [2.05, 4.69) is 17.6 Å². The zero-order valence-electron chi connectivity index (χ0n) is 8.21. The molecule has 4 nitrogen and oxygen atoms in total. The van der Waals surface area contributed by atoms with Crippen LogP contribution in [0.1, 0.15) is 13.8 Å². The van der Waals surface area contributed by atoms with Gasteiger partial charge in [-0.2, -0.15) is 0 Å². The van der Waals surface area contributed by atoms with E-state index < -0.39 is 6.10 Å². The van der Waals surface area contributed by atoms with Crippen molar-refractivity contribution in [3.05, 3.63) is 0 Å². The Labute approximate surface area is 78.7 Å². The molecule has 0 radical (unpaired) electrons. The van der Waals surface area contributed by atoms with E-state index in [0.29, 0.717) is 12.5 Å². The second kappa shape index (κ2) is 4.58. The molecule has 1 heterocycles. The van der Waals surface area contributed by atoms with Crippen LogP contribution in [0.25, 0.3) is 0 Å². The average Bonchev–Trinajstić information content (AvgIpc) is 2.47. The van der Waals surface area contributed by atoms with Crippen LogP contribution in [-0.2, 0) is 4.79 Å². The first-order chi connectivity index (χ1) is 6.11. The molecule has 1 rings (SSSR count). The number of rotatable bonds is 3. The number of carbonyl (C=O) groups excluding carboxylic acids is 1. The zero-order chi connectivity index (χ0) is 9.84. The molecule has 0 saturated carbocycles. The van der Waals surface area contributed by atoms with E-state index >= 15 is 0 Å². The molecular weight excluding hydrogens is 168 g/mol. The molecule has 1 aliphatic rings. The Hall–Kier alpha value is -0.610. The lowest BCUT2D eigenvalue weighted by atomic mass is 9.97. The molecular formula is C9H18N2O2. The first-order valence-electron chi connectivity index (χ1n) is 4.77. The average molecular weight is 186 g/mol. The minimum absolute atomic E-state index is 0.0541. The van der Waals surface area contributed by atoms with Crippen LogP contribution in [0.15, 0.2) is 0 Å². The number of hydrogen-bond acceptors (Lipinski definition) is 3. The van der Waals surface area contributed by atoms with Gasteiger partial charge < -0.3 is 15.7 Å². The maximum absolute atomic E-state index is 11.5. The van der Waals surface area contributed by atoms with E-state index in [0.717, 1.165) is 13.1 Å². The van der Waals surface area contributed by atoms with Crippen molar-refractivity contribution in [1.29, 1.82) is 0 Å². The Morgan fingerprint density at radius 1 is 1.69 bits per heavy atom. The Morgan fingerprint density at radius 2 is 2.38 bits per heavy atom. The van der Waals surface area contributed by atoms with Crippen LogP contribution in [0.2, 0.25) is 0 Å². The number of aliphatic hydroxyl groups excluding tert-OH is 1. The second-order valence-electron chi connectivity index (χ2n) is 3.84. The third-order valence-corrected chi connectivity index (χ3v) is 2.43. The van der Waals surface area contributed by atoms with Gasteiger partial charge in [-0.15, -0.1) is 0 Å². The SMILES string of the molecule is C[C@H](O)CNC(=O)[C@@H]1CNC[C@H]1C. The quantitative estimate of drug-likeness (QED) is 0.548. The van der Waals surface area contributed by atoms with Gasteiger partial charge in [0.25, 0.3) is 0 Å². The summed E-state index contributed by atoms with van der Waals surface area (Å²) in [5, 5.41) is 14.9. The van der Waals surface area contributed by atoms with Crippen molar-refractivity contribution >= 4 is 5.91 Å². The highest BCUT2D eigenvalue weighted by Crippen LogP contribution is 2.15. The number of nitrogens with one attached hydrogen (secondary N) is 2. The summed E-state index contributed by atoms with van der Waals surface area (Å²) in [6, 6.07) is 0. The van der Waals surface area contributed by atoms with Gasteiger partial charge in [-0.05, 0) is 19.4 Å². The Bertz CT molecular complexity index is 182. The standard InChI is InChI=1S/C9H18N2O2/c1-6-3-10-5-8(6)9(13)11-4-7(2)12/h6-8,10,12H,3-5H2,1-2H3,(H,11,13)/t6-,7+,8-/m1/s1. The van der Waals surface area contributed by atoms with Gasteiger partial charge in [0, 0.05) is 13.1 Å². The highest BCUT2D eigenvalue weighted by Gasteiger charge is 2.29. The first-order valence-corrected chi connectivity index (χ1v) is 4.77. The molecule has 3 atom stereocenters. The van der Waals surface area contributed by atoms with E-state index in [9.17, 15) is 4.79 Å². The van der Waals surface area contributed by atoms with Crippen LogP contribution >= 0.6 is 0 Å². The third-order valence-electron chi connectivity index (χ3n) is 2.43. The van der Waals surface area contributed by atoms with Crippen molar-refractivity contribution in [1.82, 2.24) is 10.6 Å². The van der Waals surface area contributed by atoms with Gasteiger partial charge in [0.2, 0.25) is 5.91 Å². The first kappa shape index (κ1) is 10.5. The molecule has 4 heteroatoms. The fraction of sp³-hybridized carbons (Fsp3) is 0.889. The molecule has 0 aromatic carbocycles. The lowest BCUT2D eigenvalue weighted by molar-refractivity contribution is -0.125. The Morgan fingerprint density at radius 3 is 2.85 bits per heavy atom. The molecule has 0 bridgehead atoms. The molecule has 0 aromatic heterocycles. The second-order valence-corrected chi connectivity index (χ2v) is 3.84.